The van der Waals surface area contributed by atoms with E-state index in [0.717, 1.165) is 24.4 Å². The van der Waals surface area contributed by atoms with Gasteiger partial charge in [0.15, 0.2) is 0 Å². The van der Waals surface area contributed by atoms with Crippen LogP contribution in [0.4, 0.5) is 0 Å². The van der Waals surface area contributed by atoms with Gasteiger partial charge in [-0.05, 0) is 25.1 Å². The van der Waals surface area contributed by atoms with E-state index < -0.39 is 0 Å². The second-order valence-corrected chi connectivity index (χ2v) is 5.73. The Labute approximate surface area is 92.5 Å². The minimum absolute atomic E-state index is 0.670. The molecular formula is C9H15N3S2. The number of hydrogen-bond donors (Lipinski definition) is 1. The molecular weight excluding hydrogens is 214 g/mol. The molecule has 1 aromatic heterocycles. The Morgan fingerprint density at radius 3 is 3.07 bits per heavy atom. The van der Waals surface area contributed by atoms with E-state index in [9.17, 15) is 0 Å². The van der Waals surface area contributed by atoms with E-state index in [0.29, 0.717) is 5.92 Å². The third kappa shape index (κ3) is 2.46. The molecule has 3 nitrogen and oxygen atoms in total. The predicted octanol–water partition coefficient (Wildman–Crippen LogP) is 1.65. The summed E-state index contributed by atoms with van der Waals surface area (Å²) < 4.78 is 0. The van der Waals surface area contributed by atoms with Gasteiger partial charge in [-0.2, -0.15) is 11.8 Å². The minimum atomic E-state index is 0.670. The molecule has 5 heteroatoms. The van der Waals surface area contributed by atoms with Gasteiger partial charge >= 0.3 is 0 Å². The van der Waals surface area contributed by atoms with Gasteiger partial charge in [-0.1, -0.05) is 0 Å². The van der Waals surface area contributed by atoms with E-state index in [2.05, 4.69) is 10.2 Å². The molecule has 14 heavy (non-hydrogen) atoms. The zero-order valence-electron chi connectivity index (χ0n) is 8.11. The van der Waals surface area contributed by atoms with Crippen molar-refractivity contribution in [3.63, 3.8) is 0 Å². The van der Waals surface area contributed by atoms with Crippen molar-refractivity contribution in [3.05, 3.63) is 10.0 Å². The molecule has 1 atom stereocenters. The molecule has 0 radical (unpaired) electrons. The van der Waals surface area contributed by atoms with Crippen molar-refractivity contribution in [1.29, 1.82) is 0 Å². The number of aryl methyl sites for hydroxylation is 1. The summed E-state index contributed by atoms with van der Waals surface area (Å²) in [5.41, 5.74) is 5.46. The summed E-state index contributed by atoms with van der Waals surface area (Å²) in [4.78, 5) is 0. The summed E-state index contributed by atoms with van der Waals surface area (Å²) in [5, 5.41) is 10.9. The molecule has 1 aliphatic heterocycles. The normalized spacial score (nSPS) is 21.6. The van der Waals surface area contributed by atoms with Gasteiger partial charge < -0.3 is 5.73 Å². The van der Waals surface area contributed by atoms with Crippen LogP contribution in [0.2, 0.25) is 0 Å². The fourth-order valence-corrected chi connectivity index (χ4v) is 3.87. The standard InChI is InChI=1S/C9H15N3S2/c10-4-1-2-8-11-12-9(14-8)7-3-5-13-6-7/h7H,1-6,10H2. The summed E-state index contributed by atoms with van der Waals surface area (Å²) in [6.07, 6.45) is 3.29. The van der Waals surface area contributed by atoms with Gasteiger partial charge in [0.25, 0.3) is 0 Å². The van der Waals surface area contributed by atoms with Gasteiger partial charge in [-0.25, -0.2) is 0 Å². The Kier molecular flexibility index (Phi) is 3.78. The van der Waals surface area contributed by atoms with Crippen LogP contribution in [0, 0.1) is 0 Å². The Bertz CT molecular complexity index is 281. The quantitative estimate of drug-likeness (QED) is 0.853. The van der Waals surface area contributed by atoms with E-state index >= 15 is 0 Å². The van der Waals surface area contributed by atoms with Crippen molar-refractivity contribution in [2.24, 2.45) is 5.73 Å². The van der Waals surface area contributed by atoms with Gasteiger partial charge in [-0.3, -0.25) is 0 Å². The van der Waals surface area contributed by atoms with Crippen LogP contribution in [0.1, 0.15) is 28.8 Å². The first kappa shape index (κ1) is 10.4. The summed E-state index contributed by atoms with van der Waals surface area (Å²) in [7, 11) is 0. The van der Waals surface area contributed by atoms with Crippen molar-refractivity contribution in [1.82, 2.24) is 10.2 Å². The monoisotopic (exact) mass is 229 g/mol. The largest absolute Gasteiger partial charge is 0.330 e. The molecule has 1 fully saturated rings. The van der Waals surface area contributed by atoms with Crippen LogP contribution < -0.4 is 5.73 Å². The molecule has 2 heterocycles. The summed E-state index contributed by atoms with van der Waals surface area (Å²) in [5.74, 6) is 3.18. The predicted molar refractivity (Wildman–Crippen MR) is 62.0 cm³/mol. The Morgan fingerprint density at radius 2 is 2.36 bits per heavy atom. The Hall–Kier alpha value is -0.130. The lowest BCUT2D eigenvalue weighted by Gasteiger charge is -1.99. The van der Waals surface area contributed by atoms with Gasteiger partial charge in [0.1, 0.15) is 10.0 Å². The second kappa shape index (κ2) is 5.09. The average molecular weight is 229 g/mol. The summed E-state index contributed by atoms with van der Waals surface area (Å²) >= 11 is 3.80. The van der Waals surface area contributed by atoms with Crippen LogP contribution in [-0.2, 0) is 6.42 Å². The smallest absolute Gasteiger partial charge is 0.121 e. The zero-order chi connectivity index (χ0) is 9.80. The maximum atomic E-state index is 5.46. The first-order valence-electron chi connectivity index (χ1n) is 5.00. The highest BCUT2D eigenvalue weighted by atomic mass is 32.2. The highest BCUT2D eigenvalue weighted by molar-refractivity contribution is 7.99. The van der Waals surface area contributed by atoms with Crippen molar-refractivity contribution in [2.45, 2.75) is 25.2 Å². The van der Waals surface area contributed by atoms with E-state index in [1.807, 2.05) is 11.8 Å². The van der Waals surface area contributed by atoms with Gasteiger partial charge in [0.2, 0.25) is 0 Å². The van der Waals surface area contributed by atoms with Crippen LogP contribution in [0.5, 0.6) is 0 Å². The van der Waals surface area contributed by atoms with Gasteiger partial charge in [0, 0.05) is 18.1 Å². The maximum absolute atomic E-state index is 5.46. The van der Waals surface area contributed by atoms with Crippen molar-refractivity contribution < 1.29 is 0 Å². The Balaban J connectivity index is 1.94. The van der Waals surface area contributed by atoms with E-state index in [4.69, 9.17) is 5.73 Å². The number of thioether (sulfide) groups is 1. The number of nitrogens with zero attached hydrogens (tertiary/aromatic N) is 2. The Morgan fingerprint density at radius 1 is 1.43 bits per heavy atom. The topological polar surface area (TPSA) is 51.8 Å². The molecule has 0 saturated carbocycles. The lowest BCUT2D eigenvalue weighted by atomic mass is 10.1. The SMILES string of the molecule is NCCCc1nnc(C2CCSC2)s1. The van der Waals surface area contributed by atoms with Crippen molar-refractivity contribution >= 4 is 23.1 Å². The lowest BCUT2D eigenvalue weighted by molar-refractivity contribution is 0.750. The molecule has 1 saturated heterocycles. The minimum Gasteiger partial charge on any atom is -0.330 e. The maximum Gasteiger partial charge on any atom is 0.121 e. The molecule has 0 bridgehead atoms. The zero-order valence-corrected chi connectivity index (χ0v) is 9.74. The molecule has 2 N–H and O–H groups in total. The summed E-state index contributed by atoms with van der Waals surface area (Å²) in [6.45, 7) is 0.744. The third-order valence-corrected chi connectivity index (χ3v) is 4.66. The van der Waals surface area contributed by atoms with E-state index in [1.165, 1.54) is 22.9 Å². The fraction of sp³-hybridized carbons (Fsp3) is 0.778. The fourth-order valence-electron chi connectivity index (χ4n) is 1.52. The molecule has 78 valence electrons. The molecule has 1 unspecified atom stereocenters. The molecule has 0 spiro atoms. The number of aromatic nitrogens is 2. The highest BCUT2D eigenvalue weighted by Gasteiger charge is 2.21. The van der Waals surface area contributed by atoms with Crippen LogP contribution in [0.25, 0.3) is 0 Å². The van der Waals surface area contributed by atoms with Gasteiger partial charge in [-0.15, -0.1) is 21.5 Å². The first-order valence-corrected chi connectivity index (χ1v) is 6.97. The van der Waals surface area contributed by atoms with Crippen molar-refractivity contribution in [3.8, 4) is 0 Å². The second-order valence-electron chi connectivity index (χ2n) is 3.49. The molecule has 2 rings (SSSR count). The van der Waals surface area contributed by atoms with Crippen LogP contribution in [-0.4, -0.2) is 28.2 Å². The van der Waals surface area contributed by atoms with E-state index in [-0.39, 0.29) is 0 Å². The lowest BCUT2D eigenvalue weighted by Crippen LogP contribution is -1.99. The number of hydrogen-bond acceptors (Lipinski definition) is 5. The molecule has 1 aliphatic rings. The third-order valence-electron chi connectivity index (χ3n) is 2.36. The molecule has 0 aromatic carbocycles. The van der Waals surface area contributed by atoms with Crippen molar-refractivity contribution in [2.75, 3.05) is 18.1 Å². The van der Waals surface area contributed by atoms with Gasteiger partial charge in [0.05, 0.1) is 0 Å². The molecule has 1 aromatic rings. The highest BCUT2D eigenvalue weighted by Crippen LogP contribution is 2.33. The first-order chi connectivity index (χ1) is 6.90. The van der Waals surface area contributed by atoms with Crippen LogP contribution >= 0.6 is 23.1 Å². The number of rotatable bonds is 4. The number of nitrogens with two attached hydrogens (primary N) is 1. The molecule has 0 aliphatic carbocycles. The summed E-state index contributed by atoms with van der Waals surface area (Å²) in [6, 6.07) is 0. The van der Waals surface area contributed by atoms with Crippen LogP contribution in [0.3, 0.4) is 0 Å². The van der Waals surface area contributed by atoms with E-state index in [1.54, 1.807) is 11.3 Å². The average Bonchev–Trinajstić information content (AvgIpc) is 2.85. The molecule has 0 amide bonds. The van der Waals surface area contributed by atoms with Crippen LogP contribution in [0.15, 0.2) is 0 Å².